The van der Waals surface area contributed by atoms with Crippen LogP contribution in [0.15, 0.2) is 53.4 Å². The first-order valence-corrected chi connectivity index (χ1v) is 12.3. The molecule has 0 aliphatic rings. The van der Waals surface area contributed by atoms with Gasteiger partial charge in [0.2, 0.25) is 0 Å². The number of nitrogens with one attached hydrogen (secondary N) is 1. The van der Waals surface area contributed by atoms with E-state index in [2.05, 4.69) is 59.0 Å². The fraction of sp³-hybridized carbons (Fsp3) is 0.346. The van der Waals surface area contributed by atoms with Gasteiger partial charge in [0.25, 0.3) is 16.0 Å². The summed E-state index contributed by atoms with van der Waals surface area (Å²) in [6.45, 7) is 12.6. The van der Waals surface area contributed by atoms with Crippen molar-refractivity contribution >= 4 is 32.5 Å². The second-order valence-electron chi connectivity index (χ2n) is 9.12. The van der Waals surface area contributed by atoms with Crippen molar-refractivity contribution in [2.24, 2.45) is 0 Å². The second kappa shape index (κ2) is 9.04. The predicted octanol–water partition coefficient (Wildman–Crippen LogP) is 6.71. The second-order valence-corrected chi connectivity index (χ2v) is 10.5. The Morgan fingerprint density at radius 2 is 1.34 bits per heavy atom. The van der Waals surface area contributed by atoms with Crippen LogP contribution >= 0.6 is 0 Å². The van der Waals surface area contributed by atoms with Crippen LogP contribution in [-0.2, 0) is 10.1 Å². The zero-order chi connectivity index (χ0) is 23.8. The van der Waals surface area contributed by atoms with E-state index in [-0.39, 0.29) is 22.6 Å². The van der Waals surface area contributed by atoms with E-state index < -0.39 is 10.1 Å². The average molecular weight is 454 g/mol. The molecule has 1 amide bonds. The normalized spacial score (nSPS) is 12.2. The Balaban J connectivity index is 2.17. The summed E-state index contributed by atoms with van der Waals surface area (Å²) in [4.78, 5) is 13.4. The summed E-state index contributed by atoms with van der Waals surface area (Å²) in [6.07, 6.45) is 0. The van der Waals surface area contributed by atoms with Gasteiger partial charge in [-0.1, -0.05) is 77.9 Å². The Morgan fingerprint density at radius 1 is 0.812 bits per heavy atom. The first-order valence-electron chi connectivity index (χ1n) is 10.9. The van der Waals surface area contributed by atoms with Gasteiger partial charge < -0.3 is 5.32 Å². The molecule has 0 aliphatic heterocycles. The lowest BCUT2D eigenvalue weighted by molar-refractivity contribution is 0.102. The van der Waals surface area contributed by atoms with Crippen LogP contribution in [0.4, 0.5) is 5.69 Å². The van der Waals surface area contributed by atoms with Gasteiger partial charge >= 0.3 is 0 Å². The minimum atomic E-state index is -4.39. The molecule has 0 heterocycles. The topological polar surface area (TPSA) is 83.5 Å². The first-order chi connectivity index (χ1) is 14.9. The molecule has 0 atom stereocenters. The molecule has 0 aromatic heterocycles. The van der Waals surface area contributed by atoms with Gasteiger partial charge in [-0.3, -0.25) is 9.35 Å². The SMILES string of the molecule is CC(C)c1cc(C(C)C)c(C(=O)Nc2ccc(S(=O)(=O)O)c3ccccc23)c(C(C)C)c1. The predicted molar refractivity (Wildman–Crippen MR) is 130 cm³/mol. The van der Waals surface area contributed by atoms with E-state index in [1.54, 1.807) is 24.3 Å². The Bertz CT molecular complexity index is 1250. The van der Waals surface area contributed by atoms with Crippen LogP contribution in [-0.4, -0.2) is 18.9 Å². The van der Waals surface area contributed by atoms with E-state index in [9.17, 15) is 17.8 Å². The Morgan fingerprint density at radius 3 is 1.81 bits per heavy atom. The first kappa shape index (κ1) is 24.0. The molecule has 6 heteroatoms. The van der Waals surface area contributed by atoms with E-state index in [4.69, 9.17) is 0 Å². The molecule has 3 aromatic rings. The molecule has 32 heavy (non-hydrogen) atoms. The third kappa shape index (κ3) is 4.71. The Labute approximate surface area is 190 Å². The summed E-state index contributed by atoms with van der Waals surface area (Å²) in [5.74, 6) is 0.438. The van der Waals surface area contributed by atoms with E-state index in [1.807, 2.05) is 0 Å². The largest absolute Gasteiger partial charge is 0.321 e. The van der Waals surface area contributed by atoms with Gasteiger partial charge in [-0.25, -0.2) is 0 Å². The lowest BCUT2D eigenvalue weighted by Gasteiger charge is -2.22. The Hall–Kier alpha value is -2.70. The van der Waals surface area contributed by atoms with Crippen LogP contribution < -0.4 is 5.32 Å². The van der Waals surface area contributed by atoms with Crippen molar-refractivity contribution in [2.75, 3.05) is 5.32 Å². The fourth-order valence-electron chi connectivity index (χ4n) is 4.01. The quantitative estimate of drug-likeness (QED) is 0.406. The van der Waals surface area contributed by atoms with Crippen LogP contribution in [0.1, 0.15) is 86.3 Å². The maximum Gasteiger partial charge on any atom is 0.295 e. The van der Waals surface area contributed by atoms with E-state index in [0.29, 0.717) is 27.9 Å². The third-order valence-electron chi connectivity index (χ3n) is 5.77. The molecule has 0 radical (unpaired) electrons. The molecular formula is C26H31NO4S. The van der Waals surface area contributed by atoms with Crippen LogP contribution in [0, 0.1) is 0 Å². The minimum Gasteiger partial charge on any atom is -0.321 e. The summed E-state index contributed by atoms with van der Waals surface area (Å²) in [5, 5.41) is 3.91. The molecule has 0 bridgehead atoms. The summed E-state index contributed by atoms with van der Waals surface area (Å²) in [7, 11) is -4.39. The highest BCUT2D eigenvalue weighted by Gasteiger charge is 2.23. The monoisotopic (exact) mass is 453 g/mol. The number of amides is 1. The number of carbonyl (C=O) groups excluding carboxylic acids is 1. The van der Waals surface area contributed by atoms with Crippen molar-refractivity contribution in [1.82, 2.24) is 0 Å². The van der Waals surface area contributed by atoms with E-state index in [0.717, 1.165) is 11.1 Å². The van der Waals surface area contributed by atoms with Gasteiger partial charge in [0.15, 0.2) is 0 Å². The molecule has 0 saturated heterocycles. The molecule has 170 valence electrons. The van der Waals surface area contributed by atoms with Crippen LogP contribution in [0.25, 0.3) is 10.8 Å². The number of fused-ring (bicyclic) bond motifs is 1. The minimum absolute atomic E-state index is 0.158. The highest BCUT2D eigenvalue weighted by atomic mass is 32.2. The van der Waals surface area contributed by atoms with Gasteiger partial charge in [0.1, 0.15) is 4.90 Å². The molecule has 0 saturated carbocycles. The van der Waals surface area contributed by atoms with Crippen LogP contribution in [0.5, 0.6) is 0 Å². The molecule has 0 unspecified atom stereocenters. The summed E-state index contributed by atoms with van der Waals surface area (Å²) in [5.41, 5.74) is 4.36. The van der Waals surface area contributed by atoms with Crippen molar-refractivity contribution in [3.63, 3.8) is 0 Å². The van der Waals surface area contributed by atoms with Gasteiger partial charge in [-0.2, -0.15) is 8.42 Å². The number of benzene rings is 3. The molecule has 5 nitrogen and oxygen atoms in total. The van der Waals surface area contributed by atoms with E-state index in [1.165, 1.54) is 17.7 Å². The number of anilines is 1. The summed E-state index contributed by atoms with van der Waals surface area (Å²) < 4.78 is 33.2. The van der Waals surface area contributed by atoms with Gasteiger partial charge in [-0.05, 0) is 46.6 Å². The molecule has 3 aromatic carbocycles. The summed E-state index contributed by atoms with van der Waals surface area (Å²) >= 11 is 0. The van der Waals surface area contributed by atoms with Gasteiger partial charge in [-0.15, -0.1) is 0 Å². The lowest BCUT2D eigenvalue weighted by atomic mass is 9.84. The van der Waals surface area contributed by atoms with Crippen molar-refractivity contribution in [2.45, 2.75) is 64.2 Å². The highest BCUT2D eigenvalue weighted by Crippen LogP contribution is 2.34. The van der Waals surface area contributed by atoms with Crippen LogP contribution in [0.2, 0.25) is 0 Å². The molecule has 3 rings (SSSR count). The highest BCUT2D eigenvalue weighted by molar-refractivity contribution is 7.86. The molecule has 2 N–H and O–H groups in total. The van der Waals surface area contributed by atoms with Crippen molar-refractivity contribution in [3.8, 4) is 0 Å². The van der Waals surface area contributed by atoms with Crippen molar-refractivity contribution < 1.29 is 17.8 Å². The Kier molecular flexibility index (Phi) is 6.77. The van der Waals surface area contributed by atoms with Crippen molar-refractivity contribution in [3.05, 3.63) is 70.8 Å². The lowest BCUT2D eigenvalue weighted by Crippen LogP contribution is -2.19. The molecule has 0 spiro atoms. The van der Waals surface area contributed by atoms with Gasteiger partial charge in [0, 0.05) is 22.0 Å². The number of hydrogen-bond acceptors (Lipinski definition) is 3. The summed E-state index contributed by atoms with van der Waals surface area (Å²) in [6, 6.07) is 13.9. The zero-order valence-corrected chi connectivity index (χ0v) is 20.2. The smallest absolute Gasteiger partial charge is 0.295 e. The number of rotatable bonds is 6. The molecular weight excluding hydrogens is 422 g/mol. The fourth-order valence-corrected chi connectivity index (χ4v) is 4.70. The maximum atomic E-state index is 13.6. The van der Waals surface area contributed by atoms with Crippen LogP contribution in [0.3, 0.4) is 0 Å². The van der Waals surface area contributed by atoms with Gasteiger partial charge in [0.05, 0.1) is 0 Å². The molecule has 0 aliphatic carbocycles. The standard InChI is InChI=1S/C26H31NO4S/c1-15(2)18-13-21(16(3)4)25(22(14-18)17(5)6)26(28)27-23-11-12-24(32(29,30)31)20-10-8-7-9-19(20)23/h7-17H,1-6H3,(H,27,28)(H,29,30,31). The third-order valence-corrected chi connectivity index (χ3v) is 6.68. The van der Waals surface area contributed by atoms with E-state index >= 15 is 0 Å². The number of carbonyl (C=O) groups is 1. The molecule has 0 fully saturated rings. The maximum absolute atomic E-state index is 13.6. The zero-order valence-electron chi connectivity index (χ0n) is 19.4. The van der Waals surface area contributed by atoms with Crippen molar-refractivity contribution in [1.29, 1.82) is 0 Å². The number of hydrogen-bond donors (Lipinski definition) is 2. The average Bonchev–Trinajstić information content (AvgIpc) is 2.71.